The van der Waals surface area contributed by atoms with Crippen molar-refractivity contribution in [2.75, 3.05) is 17.7 Å². The Morgan fingerprint density at radius 1 is 1.30 bits per heavy atom. The zero-order chi connectivity index (χ0) is 21.3. The SMILES string of the molecule is COc1cccc(-c2cnn3c2NC(=O)C3CC(=O)Nc2ccc([N+](=O)[O-])cc2)c1. The van der Waals surface area contributed by atoms with Crippen molar-refractivity contribution in [1.29, 1.82) is 0 Å². The Kier molecular flexibility index (Phi) is 4.88. The van der Waals surface area contributed by atoms with E-state index in [0.29, 0.717) is 17.3 Å². The van der Waals surface area contributed by atoms with Gasteiger partial charge in [-0.25, -0.2) is 4.68 Å². The number of hydrogen-bond donors (Lipinski definition) is 2. The first kappa shape index (κ1) is 19.1. The van der Waals surface area contributed by atoms with E-state index in [-0.39, 0.29) is 18.0 Å². The van der Waals surface area contributed by atoms with E-state index in [2.05, 4.69) is 15.7 Å². The third-order valence-electron chi connectivity index (χ3n) is 4.76. The summed E-state index contributed by atoms with van der Waals surface area (Å²) in [5, 5.41) is 20.4. The van der Waals surface area contributed by atoms with Gasteiger partial charge in [0.1, 0.15) is 17.6 Å². The Morgan fingerprint density at radius 2 is 2.07 bits per heavy atom. The molecule has 1 aliphatic heterocycles. The van der Waals surface area contributed by atoms with Gasteiger partial charge in [0, 0.05) is 23.4 Å². The number of amides is 2. The van der Waals surface area contributed by atoms with Crippen LogP contribution in [-0.4, -0.2) is 33.6 Å². The van der Waals surface area contributed by atoms with Crippen molar-refractivity contribution >= 4 is 29.0 Å². The number of ether oxygens (including phenoxy) is 1. The molecule has 0 saturated carbocycles. The highest BCUT2D eigenvalue weighted by atomic mass is 16.6. The number of anilines is 2. The van der Waals surface area contributed by atoms with Crippen LogP contribution in [0.5, 0.6) is 5.75 Å². The number of nitro groups is 1. The van der Waals surface area contributed by atoms with Crippen LogP contribution in [0.4, 0.5) is 17.2 Å². The summed E-state index contributed by atoms with van der Waals surface area (Å²) in [6.07, 6.45) is 1.50. The second kappa shape index (κ2) is 7.66. The molecule has 4 rings (SSSR count). The second-order valence-electron chi connectivity index (χ2n) is 6.64. The number of nitrogens with zero attached hydrogens (tertiary/aromatic N) is 3. The van der Waals surface area contributed by atoms with Gasteiger partial charge in [0.2, 0.25) is 5.91 Å². The molecule has 152 valence electrons. The van der Waals surface area contributed by atoms with Crippen molar-refractivity contribution < 1.29 is 19.2 Å². The highest BCUT2D eigenvalue weighted by Gasteiger charge is 2.35. The van der Waals surface area contributed by atoms with E-state index < -0.39 is 16.9 Å². The first-order chi connectivity index (χ1) is 14.5. The lowest BCUT2D eigenvalue weighted by atomic mass is 10.1. The number of fused-ring (bicyclic) bond motifs is 1. The van der Waals surface area contributed by atoms with E-state index in [0.717, 1.165) is 11.1 Å². The standard InChI is InChI=1S/C20H17N5O5/c1-30-15-4-2-3-12(9-15)16-11-21-24-17(20(27)23-19(16)24)10-18(26)22-13-5-7-14(8-6-13)25(28)29/h2-9,11,17H,10H2,1H3,(H,22,26)(H,23,27). The molecule has 0 bridgehead atoms. The fourth-order valence-corrected chi connectivity index (χ4v) is 3.27. The number of benzene rings is 2. The van der Waals surface area contributed by atoms with Crippen LogP contribution in [0.25, 0.3) is 11.1 Å². The van der Waals surface area contributed by atoms with Gasteiger partial charge in [-0.15, -0.1) is 0 Å². The third-order valence-corrected chi connectivity index (χ3v) is 4.76. The molecule has 2 aromatic carbocycles. The van der Waals surface area contributed by atoms with Gasteiger partial charge in [-0.1, -0.05) is 12.1 Å². The highest BCUT2D eigenvalue weighted by Crippen LogP contribution is 2.36. The quantitative estimate of drug-likeness (QED) is 0.477. The Morgan fingerprint density at radius 3 is 2.77 bits per heavy atom. The second-order valence-corrected chi connectivity index (χ2v) is 6.64. The smallest absolute Gasteiger partial charge is 0.269 e. The first-order valence-electron chi connectivity index (χ1n) is 9.03. The van der Waals surface area contributed by atoms with Crippen molar-refractivity contribution in [3.05, 3.63) is 64.8 Å². The van der Waals surface area contributed by atoms with Crippen LogP contribution in [0, 0.1) is 10.1 Å². The topological polar surface area (TPSA) is 128 Å². The molecule has 10 nitrogen and oxygen atoms in total. The van der Waals surface area contributed by atoms with E-state index >= 15 is 0 Å². The van der Waals surface area contributed by atoms with Crippen molar-refractivity contribution in [2.24, 2.45) is 0 Å². The molecule has 2 N–H and O–H groups in total. The van der Waals surface area contributed by atoms with Gasteiger partial charge in [-0.2, -0.15) is 5.10 Å². The largest absolute Gasteiger partial charge is 0.497 e. The average Bonchev–Trinajstić information content (AvgIpc) is 3.28. The summed E-state index contributed by atoms with van der Waals surface area (Å²) < 4.78 is 6.73. The molecule has 0 aliphatic carbocycles. The Labute approximate surface area is 170 Å². The van der Waals surface area contributed by atoms with Gasteiger partial charge in [0.15, 0.2) is 0 Å². The minimum atomic E-state index is -0.794. The van der Waals surface area contributed by atoms with Gasteiger partial charge in [0.25, 0.3) is 11.6 Å². The van der Waals surface area contributed by atoms with E-state index in [1.54, 1.807) is 13.3 Å². The van der Waals surface area contributed by atoms with Crippen LogP contribution >= 0.6 is 0 Å². The number of aromatic nitrogens is 2. The molecule has 2 heterocycles. The molecule has 1 atom stereocenters. The molecular weight excluding hydrogens is 390 g/mol. The number of non-ortho nitro benzene ring substituents is 1. The van der Waals surface area contributed by atoms with Crippen molar-refractivity contribution in [2.45, 2.75) is 12.5 Å². The fourth-order valence-electron chi connectivity index (χ4n) is 3.27. The Bertz CT molecular complexity index is 1140. The third kappa shape index (κ3) is 3.58. The number of nitro benzene ring substituents is 1. The maximum absolute atomic E-state index is 12.5. The average molecular weight is 407 g/mol. The molecule has 2 amide bonds. The van der Waals surface area contributed by atoms with Crippen LogP contribution < -0.4 is 15.4 Å². The molecule has 10 heteroatoms. The fraction of sp³-hybridized carbons (Fsp3) is 0.150. The van der Waals surface area contributed by atoms with Crippen LogP contribution in [0.2, 0.25) is 0 Å². The summed E-state index contributed by atoms with van der Waals surface area (Å²) in [5.41, 5.74) is 1.88. The molecule has 1 aliphatic rings. The van der Waals surface area contributed by atoms with Gasteiger partial charge >= 0.3 is 0 Å². The minimum Gasteiger partial charge on any atom is -0.497 e. The predicted octanol–water partition coefficient (Wildman–Crippen LogP) is 2.99. The molecule has 1 unspecified atom stereocenters. The normalized spacial score (nSPS) is 14.7. The number of carbonyl (C=O) groups excluding carboxylic acids is 2. The molecular formula is C20H17N5O5. The molecule has 0 fully saturated rings. The van der Waals surface area contributed by atoms with Crippen molar-refractivity contribution in [1.82, 2.24) is 9.78 Å². The lowest BCUT2D eigenvalue weighted by Crippen LogP contribution is -2.23. The van der Waals surface area contributed by atoms with E-state index in [1.807, 2.05) is 24.3 Å². The van der Waals surface area contributed by atoms with Crippen LogP contribution in [0.1, 0.15) is 12.5 Å². The number of nitrogens with one attached hydrogen (secondary N) is 2. The minimum absolute atomic E-state index is 0.0746. The molecule has 0 radical (unpaired) electrons. The monoisotopic (exact) mass is 407 g/mol. The zero-order valence-electron chi connectivity index (χ0n) is 15.9. The van der Waals surface area contributed by atoms with Gasteiger partial charge in [-0.05, 0) is 29.8 Å². The molecule has 3 aromatic rings. The maximum Gasteiger partial charge on any atom is 0.269 e. The van der Waals surface area contributed by atoms with Gasteiger partial charge in [0.05, 0.1) is 24.7 Å². The predicted molar refractivity (Wildman–Crippen MR) is 108 cm³/mol. The van der Waals surface area contributed by atoms with Crippen LogP contribution in [0.15, 0.2) is 54.7 Å². The number of carbonyl (C=O) groups is 2. The summed E-state index contributed by atoms with van der Waals surface area (Å²) in [5.74, 6) is 0.452. The number of hydrogen-bond acceptors (Lipinski definition) is 6. The van der Waals surface area contributed by atoms with E-state index in [9.17, 15) is 19.7 Å². The zero-order valence-corrected chi connectivity index (χ0v) is 15.9. The lowest BCUT2D eigenvalue weighted by Gasteiger charge is -2.09. The van der Waals surface area contributed by atoms with E-state index in [4.69, 9.17) is 4.74 Å². The molecule has 0 spiro atoms. The molecule has 0 saturated heterocycles. The first-order valence-corrected chi connectivity index (χ1v) is 9.03. The Hall–Kier alpha value is -4.21. The molecule has 30 heavy (non-hydrogen) atoms. The summed E-state index contributed by atoms with van der Waals surface area (Å²) in [6.45, 7) is 0. The highest BCUT2D eigenvalue weighted by molar-refractivity contribution is 6.04. The van der Waals surface area contributed by atoms with E-state index in [1.165, 1.54) is 28.9 Å². The maximum atomic E-state index is 12.5. The van der Waals surface area contributed by atoms with Crippen LogP contribution in [0.3, 0.4) is 0 Å². The van der Waals surface area contributed by atoms with Crippen molar-refractivity contribution in [3.8, 4) is 16.9 Å². The van der Waals surface area contributed by atoms with Crippen LogP contribution in [-0.2, 0) is 9.59 Å². The van der Waals surface area contributed by atoms with Gasteiger partial charge in [-0.3, -0.25) is 19.7 Å². The molecule has 1 aromatic heterocycles. The number of rotatable bonds is 6. The lowest BCUT2D eigenvalue weighted by molar-refractivity contribution is -0.384. The number of methoxy groups -OCH3 is 1. The summed E-state index contributed by atoms with van der Waals surface area (Å²) in [6, 6.07) is 12.0. The van der Waals surface area contributed by atoms with Gasteiger partial charge < -0.3 is 15.4 Å². The summed E-state index contributed by atoms with van der Waals surface area (Å²) >= 11 is 0. The summed E-state index contributed by atoms with van der Waals surface area (Å²) in [4.78, 5) is 35.1. The summed E-state index contributed by atoms with van der Waals surface area (Å²) in [7, 11) is 1.57. The van der Waals surface area contributed by atoms with Crippen molar-refractivity contribution in [3.63, 3.8) is 0 Å². The Balaban J connectivity index is 1.50.